The van der Waals surface area contributed by atoms with E-state index in [0.717, 1.165) is 0 Å². The molecular formula is C10H5BrF6N2O. The Morgan fingerprint density at radius 1 is 1.20 bits per heavy atom. The maximum Gasteiger partial charge on any atom is 0.573 e. The van der Waals surface area contributed by atoms with E-state index in [9.17, 15) is 26.3 Å². The van der Waals surface area contributed by atoms with Crippen LogP contribution in [0.1, 0.15) is 16.8 Å². The molecule has 1 aromatic heterocycles. The zero-order chi connectivity index (χ0) is 15.6. The van der Waals surface area contributed by atoms with Gasteiger partial charge < -0.3 is 4.74 Å². The molecule has 0 aliphatic rings. The van der Waals surface area contributed by atoms with Crippen LogP contribution in [0.4, 0.5) is 26.3 Å². The second-order valence-electron chi connectivity index (χ2n) is 3.44. The predicted octanol–water partition coefficient (Wildman–Crippen LogP) is 3.96. The van der Waals surface area contributed by atoms with Crippen molar-refractivity contribution in [1.29, 1.82) is 5.26 Å². The molecule has 0 saturated heterocycles. The number of halogens is 7. The van der Waals surface area contributed by atoms with Gasteiger partial charge in [0.15, 0.2) is 5.75 Å². The highest BCUT2D eigenvalue weighted by Crippen LogP contribution is 2.37. The van der Waals surface area contributed by atoms with E-state index in [2.05, 4.69) is 25.7 Å². The smallest absolute Gasteiger partial charge is 0.404 e. The third kappa shape index (κ3) is 4.00. The molecule has 0 bridgehead atoms. The van der Waals surface area contributed by atoms with E-state index in [1.807, 2.05) is 0 Å². The van der Waals surface area contributed by atoms with Gasteiger partial charge in [-0.05, 0) is 0 Å². The molecule has 0 N–H and O–H groups in total. The van der Waals surface area contributed by atoms with Crippen LogP contribution in [0.15, 0.2) is 6.20 Å². The Labute approximate surface area is 117 Å². The van der Waals surface area contributed by atoms with Crippen LogP contribution < -0.4 is 4.74 Å². The molecular weight excluding hydrogens is 358 g/mol. The van der Waals surface area contributed by atoms with E-state index < -0.39 is 41.5 Å². The van der Waals surface area contributed by atoms with E-state index in [1.54, 1.807) is 0 Å². The van der Waals surface area contributed by atoms with Crippen LogP contribution in [0, 0.1) is 11.3 Å². The molecule has 110 valence electrons. The Kier molecular flexibility index (Phi) is 4.86. The number of ether oxygens (including phenoxy) is 1. The van der Waals surface area contributed by atoms with Crippen molar-refractivity contribution >= 4 is 15.9 Å². The maximum atomic E-state index is 12.7. The number of rotatable bonds is 3. The van der Waals surface area contributed by atoms with Gasteiger partial charge in [-0.2, -0.15) is 18.4 Å². The molecule has 1 rings (SSSR count). The number of pyridine rings is 1. The summed E-state index contributed by atoms with van der Waals surface area (Å²) in [5, 5.41) is 8.18. The van der Waals surface area contributed by atoms with Crippen molar-refractivity contribution in [3.05, 3.63) is 23.0 Å². The van der Waals surface area contributed by atoms with Crippen molar-refractivity contribution in [2.24, 2.45) is 0 Å². The van der Waals surface area contributed by atoms with Gasteiger partial charge in [-0.3, -0.25) is 0 Å². The summed E-state index contributed by atoms with van der Waals surface area (Å²) in [6.45, 7) is 0. The molecule has 0 amide bonds. The number of alkyl halides is 7. The monoisotopic (exact) mass is 362 g/mol. The van der Waals surface area contributed by atoms with Gasteiger partial charge in [-0.1, -0.05) is 15.9 Å². The summed E-state index contributed by atoms with van der Waals surface area (Å²) in [4.78, 5) is 2.94. The lowest BCUT2D eigenvalue weighted by molar-refractivity contribution is -0.275. The summed E-state index contributed by atoms with van der Waals surface area (Å²) in [5.74, 6) is -0.868. The van der Waals surface area contributed by atoms with Gasteiger partial charge in [0.2, 0.25) is 0 Å². The summed E-state index contributed by atoms with van der Waals surface area (Å²) < 4.78 is 78.2. The third-order valence-electron chi connectivity index (χ3n) is 2.14. The number of nitrogens with zero attached hydrogens (tertiary/aromatic N) is 2. The van der Waals surface area contributed by atoms with Gasteiger partial charge in [0.05, 0.1) is 18.7 Å². The molecule has 1 aromatic rings. The van der Waals surface area contributed by atoms with Crippen molar-refractivity contribution in [1.82, 2.24) is 4.98 Å². The predicted molar refractivity (Wildman–Crippen MR) is 57.9 cm³/mol. The van der Waals surface area contributed by atoms with Crippen molar-refractivity contribution < 1.29 is 31.1 Å². The fourth-order valence-corrected chi connectivity index (χ4v) is 2.06. The number of hydrogen-bond donors (Lipinski definition) is 0. The number of nitriles is 1. The summed E-state index contributed by atoms with van der Waals surface area (Å²) in [6.07, 6.45) is -10.3. The fourth-order valence-electron chi connectivity index (χ4n) is 1.44. The second kappa shape index (κ2) is 5.87. The molecule has 0 radical (unpaired) electrons. The highest BCUT2D eigenvalue weighted by atomic mass is 79.9. The summed E-state index contributed by atoms with van der Waals surface area (Å²) >= 11 is 2.79. The van der Waals surface area contributed by atoms with Crippen molar-refractivity contribution in [3.8, 4) is 11.8 Å². The van der Waals surface area contributed by atoms with Crippen LogP contribution in [0.25, 0.3) is 0 Å². The average molecular weight is 363 g/mol. The second-order valence-corrected chi connectivity index (χ2v) is 4.00. The number of aromatic nitrogens is 1. The highest BCUT2D eigenvalue weighted by molar-refractivity contribution is 9.08. The first-order valence-corrected chi connectivity index (χ1v) is 5.99. The standard InChI is InChI=1S/C10H5BrF6N2O/c11-3-6-5(1-2-18)8(9(12,13)14)19-4-7(6)20-10(15,16)17/h4H,1,3H2. The van der Waals surface area contributed by atoms with E-state index >= 15 is 0 Å². The molecule has 10 heteroatoms. The molecule has 0 fully saturated rings. The molecule has 0 saturated carbocycles. The minimum Gasteiger partial charge on any atom is -0.404 e. The molecule has 0 spiro atoms. The Bertz CT molecular complexity index is 534. The van der Waals surface area contributed by atoms with Crippen molar-refractivity contribution in [2.75, 3.05) is 0 Å². The first kappa shape index (κ1) is 16.6. The first-order chi connectivity index (χ1) is 9.10. The molecule has 3 nitrogen and oxygen atoms in total. The molecule has 20 heavy (non-hydrogen) atoms. The summed E-state index contributed by atoms with van der Waals surface area (Å²) in [5.41, 5.74) is -2.45. The van der Waals surface area contributed by atoms with Crippen LogP contribution in [0.3, 0.4) is 0 Å². The minimum atomic E-state index is -5.07. The Morgan fingerprint density at radius 3 is 2.20 bits per heavy atom. The van der Waals surface area contributed by atoms with E-state index in [1.165, 1.54) is 6.07 Å². The maximum absolute atomic E-state index is 12.7. The third-order valence-corrected chi connectivity index (χ3v) is 2.70. The van der Waals surface area contributed by atoms with Gasteiger partial charge in [0, 0.05) is 16.5 Å². The highest BCUT2D eigenvalue weighted by Gasteiger charge is 2.38. The fraction of sp³-hybridized carbons (Fsp3) is 0.400. The minimum absolute atomic E-state index is 0.341. The Balaban J connectivity index is 3.46. The van der Waals surface area contributed by atoms with Gasteiger partial charge in [0.25, 0.3) is 0 Å². The zero-order valence-corrected chi connectivity index (χ0v) is 11.0. The normalized spacial score (nSPS) is 12.1. The molecule has 0 aliphatic carbocycles. The van der Waals surface area contributed by atoms with Crippen molar-refractivity contribution in [3.63, 3.8) is 0 Å². The molecule has 0 aliphatic heterocycles. The lowest BCUT2D eigenvalue weighted by atomic mass is 10.0. The van der Waals surface area contributed by atoms with Gasteiger partial charge >= 0.3 is 12.5 Å². The molecule has 0 atom stereocenters. The Morgan fingerprint density at radius 2 is 1.80 bits per heavy atom. The van der Waals surface area contributed by atoms with Crippen LogP contribution in [0.2, 0.25) is 0 Å². The first-order valence-electron chi connectivity index (χ1n) is 4.86. The Hall–Kier alpha value is -1.50. The number of hydrogen-bond acceptors (Lipinski definition) is 3. The quantitative estimate of drug-likeness (QED) is 0.603. The van der Waals surface area contributed by atoms with Gasteiger partial charge in [-0.25, -0.2) is 4.98 Å². The van der Waals surface area contributed by atoms with Crippen LogP contribution in [0.5, 0.6) is 5.75 Å². The average Bonchev–Trinajstić information content (AvgIpc) is 2.26. The van der Waals surface area contributed by atoms with Crippen LogP contribution in [-0.2, 0) is 17.9 Å². The van der Waals surface area contributed by atoms with E-state index in [4.69, 9.17) is 5.26 Å². The van der Waals surface area contributed by atoms with Crippen LogP contribution in [-0.4, -0.2) is 11.3 Å². The molecule has 1 heterocycles. The molecule has 0 unspecified atom stereocenters. The lowest BCUT2D eigenvalue weighted by Crippen LogP contribution is -2.20. The van der Waals surface area contributed by atoms with Gasteiger partial charge in [0.1, 0.15) is 5.69 Å². The van der Waals surface area contributed by atoms with E-state index in [0.29, 0.717) is 6.20 Å². The lowest BCUT2D eigenvalue weighted by Gasteiger charge is -2.17. The van der Waals surface area contributed by atoms with Crippen LogP contribution >= 0.6 is 15.9 Å². The molecule has 0 aromatic carbocycles. The zero-order valence-electron chi connectivity index (χ0n) is 9.44. The SMILES string of the molecule is N#CCc1c(C(F)(F)F)ncc(OC(F)(F)F)c1CBr. The largest absolute Gasteiger partial charge is 0.573 e. The van der Waals surface area contributed by atoms with Gasteiger partial charge in [-0.15, -0.1) is 13.2 Å². The topological polar surface area (TPSA) is 45.9 Å². The summed E-state index contributed by atoms with van der Waals surface area (Å²) in [7, 11) is 0. The van der Waals surface area contributed by atoms with Crippen molar-refractivity contribution in [2.45, 2.75) is 24.3 Å². The summed E-state index contributed by atoms with van der Waals surface area (Å²) in [6, 6.07) is 1.46. The van der Waals surface area contributed by atoms with E-state index in [-0.39, 0.29) is 5.33 Å².